The summed E-state index contributed by atoms with van der Waals surface area (Å²) in [6.45, 7) is 3.52. The fourth-order valence-electron chi connectivity index (χ4n) is 5.02. The molecule has 2 amide bonds. The molecule has 29 heavy (non-hydrogen) atoms. The number of carboxylic acids is 1. The Morgan fingerprint density at radius 2 is 1.93 bits per heavy atom. The molecule has 0 bridgehead atoms. The second-order valence-corrected chi connectivity index (χ2v) is 8.47. The van der Waals surface area contributed by atoms with Gasteiger partial charge < -0.3 is 15.3 Å². The predicted molar refractivity (Wildman–Crippen MR) is 116 cm³/mol. The van der Waals surface area contributed by atoms with Gasteiger partial charge in [-0.15, -0.1) is 12.4 Å². The maximum Gasteiger partial charge on any atom is 0.324 e. The molecular formula is C22H32ClN3O3. The number of nitrogens with one attached hydrogen (secondary N) is 1. The topological polar surface area (TPSA) is 72.9 Å². The van der Waals surface area contributed by atoms with Crippen molar-refractivity contribution >= 4 is 30.1 Å². The second kappa shape index (κ2) is 9.81. The molecule has 0 unspecified atom stereocenters. The molecule has 2 heterocycles. The van der Waals surface area contributed by atoms with Crippen molar-refractivity contribution in [3.8, 4) is 0 Å². The van der Waals surface area contributed by atoms with Gasteiger partial charge in [-0.1, -0.05) is 6.07 Å². The van der Waals surface area contributed by atoms with Crippen LogP contribution in [0.1, 0.15) is 56.1 Å². The van der Waals surface area contributed by atoms with Crippen LogP contribution < -0.4 is 10.2 Å². The number of aryl methyl sites for hydroxylation is 1. The number of benzene rings is 1. The van der Waals surface area contributed by atoms with Crippen LogP contribution in [0.5, 0.6) is 0 Å². The van der Waals surface area contributed by atoms with Crippen LogP contribution in [0.4, 0.5) is 10.5 Å². The van der Waals surface area contributed by atoms with E-state index in [-0.39, 0.29) is 24.9 Å². The van der Waals surface area contributed by atoms with E-state index in [9.17, 15) is 9.59 Å². The van der Waals surface area contributed by atoms with Crippen molar-refractivity contribution < 1.29 is 14.7 Å². The van der Waals surface area contributed by atoms with Crippen LogP contribution in [-0.4, -0.2) is 47.7 Å². The number of carboxylic acid groups (broad SMARTS) is 1. The van der Waals surface area contributed by atoms with Crippen LogP contribution >= 0.6 is 12.4 Å². The molecule has 1 saturated carbocycles. The van der Waals surface area contributed by atoms with E-state index in [1.165, 1.54) is 11.1 Å². The average molecular weight is 422 g/mol. The van der Waals surface area contributed by atoms with Gasteiger partial charge in [-0.2, -0.15) is 0 Å². The quantitative estimate of drug-likeness (QED) is 0.758. The number of carbonyl (C=O) groups is 2. The Hall–Kier alpha value is -1.79. The molecule has 2 aliphatic heterocycles. The normalized spacial score (nSPS) is 24.6. The number of anilines is 1. The Morgan fingerprint density at radius 3 is 2.69 bits per heavy atom. The third-order valence-electron chi connectivity index (χ3n) is 6.68. The van der Waals surface area contributed by atoms with Crippen LogP contribution in [0.3, 0.4) is 0 Å². The lowest BCUT2D eigenvalue weighted by molar-refractivity contribution is -0.137. The first kappa shape index (κ1) is 21.9. The SMILES string of the molecule is Cl.O=C(O)CC[C@H]1CC[C@H](N2CCN(c3ccc4c(c3)CCCNC4)C2=O)CC1. The number of fused-ring (bicyclic) bond motifs is 1. The summed E-state index contributed by atoms with van der Waals surface area (Å²) in [6, 6.07) is 6.93. The molecule has 0 aromatic heterocycles. The summed E-state index contributed by atoms with van der Waals surface area (Å²) >= 11 is 0. The zero-order valence-electron chi connectivity index (χ0n) is 16.9. The zero-order chi connectivity index (χ0) is 19.5. The second-order valence-electron chi connectivity index (χ2n) is 8.47. The first-order chi connectivity index (χ1) is 13.6. The molecule has 1 aromatic rings. The fraction of sp³-hybridized carbons (Fsp3) is 0.636. The Labute approximate surface area is 179 Å². The molecule has 1 aliphatic carbocycles. The van der Waals surface area contributed by atoms with E-state index in [1.807, 2.05) is 4.90 Å². The Balaban J connectivity index is 0.00000240. The van der Waals surface area contributed by atoms with Gasteiger partial charge in [0.1, 0.15) is 0 Å². The van der Waals surface area contributed by atoms with Crippen molar-refractivity contribution in [2.45, 2.75) is 64.0 Å². The molecule has 0 radical (unpaired) electrons. The van der Waals surface area contributed by atoms with E-state index >= 15 is 0 Å². The molecular weight excluding hydrogens is 390 g/mol. The number of rotatable bonds is 5. The van der Waals surface area contributed by atoms with Gasteiger partial charge in [0.15, 0.2) is 0 Å². The van der Waals surface area contributed by atoms with Gasteiger partial charge in [-0.3, -0.25) is 9.69 Å². The first-order valence-electron chi connectivity index (χ1n) is 10.7. The highest BCUT2D eigenvalue weighted by Gasteiger charge is 2.36. The lowest BCUT2D eigenvalue weighted by Gasteiger charge is -2.34. The molecule has 160 valence electrons. The first-order valence-corrected chi connectivity index (χ1v) is 10.7. The molecule has 1 aromatic carbocycles. The van der Waals surface area contributed by atoms with Crippen LogP contribution in [0, 0.1) is 5.92 Å². The van der Waals surface area contributed by atoms with Crippen molar-refractivity contribution in [1.82, 2.24) is 10.2 Å². The molecule has 2 N–H and O–H groups in total. The highest BCUT2D eigenvalue weighted by atomic mass is 35.5. The number of hydrogen-bond acceptors (Lipinski definition) is 3. The number of aliphatic carboxylic acids is 1. The van der Waals surface area contributed by atoms with Gasteiger partial charge >= 0.3 is 12.0 Å². The van der Waals surface area contributed by atoms with Gasteiger partial charge in [-0.25, -0.2) is 4.79 Å². The summed E-state index contributed by atoms with van der Waals surface area (Å²) in [5.41, 5.74) is 3.75. The van der Waals surface area contributed by atoms with E-state index in [0.717, 1.165) is 76.8 Å². The Kier molecular flexibility index (Phi) is 7.41. The standard InChI is InChI=1S/C22H31N3O3.ClH/c26-21(27)10-5-16-3-7-19(8-4-16)24-12-13-25(22(24)28)20-9-6-18-15-23-11-1-2-17(18)14-20;/h6,9,14,16,19,23H,1-5,7-8,10-13,15H2,(H,26,27);1H/t16-,19-;. The predicted octanol–water partition coefficient (Wildman–Crippen LogP) is 3.81. The highest BCUT2D eigenvalue weighted by Crippen LogP contribution is 2.33. The van der Waals surface area contributed by atoms with Gasteiger partial charge in [0.05, 0.1) is 0 Å². The summed E-state index contributed by atoms with van der Waals surface area (Å²) in [5.74, 6) is -0.205. The van der Waals surface area contributed by atoms with Crippen LogP contribution in [0.2, 0.25) is 0 Å². The molecule has 0 atom stereocenters. The third-order valence-corrected chi connectivity index (χ3v) is 6.68. The maximum atomic E-state index is 13.1. The minimum absolute atomic E-state index is 0. The monoisotopic (exact) mass is 421 g/mol. The number of hydrogen-bond donors (Lipinski definition) is 2. The van der Waals surface area contributed by atoms with Crippen LogP contribution in [0.15, 0.2) is 18.2 Å². The molecule has 2 fully saturated rings. The number of carbonyl (C=O) groups excluding carboxylic acids is 1. The van der Waals surface area contributed by atoms with Crippen LogP contribution in [-0.2, 0) is 17.8 Å². The van der Waals surface area contributed by atoms with Crippen molar-refractivity contribution in [1.29, 1.82) is 0 Å². The lowest BCUT2D eigenvalue weighted by Crippen LogP contribution is -2.41. The number of halogens is 1. The molecule has 4 rings (SSSR count). The average Bonchev–Trinajstić information content (AvgIpc) is 2.93. The third kappa shape index (κ3) is 5.04. The highest BCUT2D eigenvalue weighted by molar-refractivity contribution is 5.94. The van der Waals surface area contributed by atoms with Crippen LogP contribution in [0.25, 0.3) is 0 Å². The van der Waals surface area contributed by atoms with E-state index in [2.05, 4.69) is 28.4 Å². The van der Waals surface area contributed by atoms with Gasteiger partial charge in [-0.05, 0) is 80.7 Å². The molecule has 3 aliphatic rings. The number of urea groups is 1. The van der Waals surface area contributed by atoms with E-state index in [1.54, 1.807) is 0 Å². The summed E-state index contributed by atoms with van der Waals surface area (Å²) < 4.78 is 0. The minimum Gasteiger partial charge on any atom is -0.481 e. The summed E-state index contributed by atoms with van der Waals surface area (Å²) in [4.78, 5) is 27.9. The largest absolute Gasteiger partial charge is 0.481 e. The molecule has 7 heteroatoms. The maximum absolute atomic E-state index is 13.1. The van der Waals surface area contributed by atoms with E-state index in [0.29, 0.717) is 12.0 Å². The summed E-state index contributed by atoms with van der Waals surface area (Å²) in [7, 11) is 0. The summed E-state index contributed by atoms with van der Waals surface area (Å²) in [6.07, 6.45) is 7.32. The van der Waals surface area contributed by atoms with Gasteiger partial charge in [0.2, 0.25) is 0 Å². The molecule has 0 spiro atoms. The number of amides is 2. The number of nitrogens with zero attached hydrogens (tertiary/aromatic N) is 2. The Morgan fingerprint density at radius 1 is 1.14 bits per heavy atom. The van der Waals surface area contributed by atoms with E-state index in [4.69, 9.17) is 5.11 Å². The van der Waals surface area contributed by atoms with Crippen molar-refractivity contribution in [2.75, 3.05) is 24.5 Å². The molecule has 6 nitrogen and oxygen atoms in total. The zero-order valence-corrected chi connectivity index (χ0v) is 17.8. The van der Waals surface area contributed by atoms with Crippen molar-refractivity contribution in [3.05, 3.63) is 29.3 Å². The minimum atomic E-state index is -0.705. The van der Waals surface area contributed by atoms with Gasteiger partial charge in [0.25, 0.3) is 0 Å². The molecule has 1 saturated heterocycles. The van der Waals surface area contributed by atoms with Crippen molar-refractivity contribution in [2.24, 2.45) is 5.92 Å². The van der Waals surface area contributed by atoms with Crippen molar-refractivity contribution in [3.63, 3.8) is 0 Å². The van der Waals surface area contributed by atoms with Gasteiger partial charge in [0, 0.05) is 37.8 Å². The Bertz CT molecular complexity index is 734. The fourth-order valence-corrected chi connectivity index (χ4v) is 5.02. The smallest absolute Gasteiger partial charge is 0.324 e. The summed E-state index contributed by atoms with van der Waals surface area (Å²) in [5, 5.41) is 12.3. The van der Waals surface area contributed by atoms with E-state index < -0.39 is 5.97 Å². The lowest BCUT2D eigenvalue weighted by atomic mass is 9.83.